The fraction of sp³-hybridized carbons (Fsp3) is 0.391. The van der Waals surface area contributed by atoms with E-state index >= 15 is 0 Å². The normalized spacial score (nSPS) is 10.4. The fourth-order valence-corrected chi connectivity index (χ4v) is 2.67. The summed E-state index contributed by atoms with van der Waals surface area (Å²) in [4.78, 5) is 24.4. The minimum Gasteiger partial charge on any atom is -0.494 e. The smallest absolute Gasteiger partial charge is 0.338 e. The van der Waals surface area contributed by atoms with Crippen molar-refractivity contribution in [2.24, 2.45) is 0 Å². The van der Waals surface area contributed by atoms with Crippen LogP contribution in [0, 0.1) is 0 Å². The number of anilines is 1. The number of nitrogens with one attached hydrogen (secondary N) is 1. The number of esters is 1. The van der Waals surface area contributed by atoms with Crippen LogP contribution in [0.5, 0.6) is 5.75 Å². The molecule has 1 N–H and O–H groups in total. The molecule has 0 atom stereocenters. The predicted molar refractivity (Wildman–Crippen MR) is 113 cm³/mol. The summed E-state index contributed by atoms with van der Waals surface area (Å²) in [5.41, 5.74) is 2.39. The Labute approximate surface area is 172 Å². The Morgan fingerprint density at radius 1 is 0.931 bits per heavy atom. The number of hydrogen-bond donors (Lipinski definition) is 1. The van der Waals surface area contributed by atoms with Gasteiger partial charge in [0.25, 0.3) is 5.91 Å². The summed E-state index contributed by atoms with van der Waals surface area (Å²) in [6.45, 7) is 7.71. The van der Waals surface area contributed by atoms with Gasteiger partial charge in [0.15, 0.2) is 0 Å². The molecule has 0 unspecified atom stereocenters. The average molecular weight is 399 g/mol. The van der Waals surface area contributed by atoms with Crippen molar-refractivity contribution >= 4 is 17.6 Å². The number of benzene rings is 2. The first-order valence-electron chi connectivity index (χ1n) is 10.0. The molecular weight excluding hydrogens is 370 g/mol. The zero-order valence-corrected chi connectivity index (χ0v) is 17.3. The van der Waals surface area contributed by atoms with Gasteiger partial charge in [0.1, 0.15) is 5.75 Å². The maximum absolute atomic E-state index is 12.6. The first-order valence-corrected chi connectivity index (χ1v) is 10.0. The molecule has 0 aliphatic carbocycles. The van der Waals surface area contributed by atoms with E-state index in [0.29, 0.717) is 43.2 Å². The largest absolute Gasteiger partial charge is 0.494 e. The Bertz CT molecular complexity index is 801. The molecule has 6 heteroatoms. The van der Waals surface area contributed by atoms with Crippen molar-refractivity contribution < 1.29 is 23.8 Å². The third-order valence-electron chi connectivity index (χ3n) is 4.18. The lowest BCUT2D eigenvalue weighted by Crippen LogP contribution is -2.13. The zero-order chi connectivity index (χ0) is 21.1. The van der Waals surface area contributed by atoms with Gasteiger partial charge in [-0.05, 0) is 62.7 Å². The number of carbonyl (C=O) groups is 2. The second kappa shape index (κ2) is 11.9. The summed E-state index contributed by atoms with van der Waals surface area (Å²) in [5.74, 6) is 0.0932. The van der Waals surface area contributed by atoms with E-state index in [2.05, 4.69) is 12.2 Å². The van der Waals surface area contributed by atoms with Gasteiger partial charge in [0, 0.05) is 23.4 Å². The highest BCUT2D eigenvalue weighted by molar-refractivity contribution is 6.04. The number of carbonyl (C=O) groups excluding carboxylic acids is 2. The minimum atomic E-state index is -0.385. The van der Waals surface area contributed by atoms with Crippen LogP contribution >= 0.6 is 0 Å². The maximum Gasteiger partial charge on any atom is 0.338 e. The van der Waals surface area contributed by atoms with Gasteiger partial charge in [-0.15, -0.1) is 0 Å². The minimum absolute atomic E-state index is 0.244. The number of rotatable bonds is 11. The predicted octanol–water partition coefficient (Wildman–Crippen LogP) is 4.83. The van der Waals surface area contributed by atoms with E-state index in [1.807, 2.05) is 6.92 Å². The number of hydrogen-bond acceptors (Lipinski definition) is 5. The quantitative estimate of drug-likeness (QED) is 0.433. The van der Waals surface area contributed by atoms with Crippen LogP contribution < -0.4 is 10.1 Å². The highest BCUT2D eigenvalue weighted by Gasteiger charge is 2.12. The van der Waals surface area contributed by atoms with E-state index in [-0.39, 0.29) is 11.9 Å². The van der Waals surface area contributed by atoms with E-state index in [9.17, 15) is 9.59 Å². The van der Waals surface area contributed by atoms with Crippen molar-refractivity contribution in [3.05, 3.63) is 59.2 Å². The van der Waals surface area contributed by atoms with Crippen LogP contribution in [0.25, 0.3) is 0 Å². The molecule has 0 aliphatic rings. The third-order valence-corrected chi connectivity index (χ3v) is 4.18. The SMILES string of the molecule is CCCCOCc1cc(C(=O)Nc2ccc(C(=O)OCC)cc2)ccc1OCC. The molecule has 2 rings (SSSR count). The highest BCUT2D eigenvalue weighted by Crippen LogP contribution is 2.22. The van der Waals surface area contributed by atoms with Gasteiger partial charge in [0.05, 0.1) is 25.4 Å². The molecule has 2 aromatic rings. The van der Waals surface area contributed by atoms with E-state index in [0.717, 1.165) is 24.2 Å². The zero-order valence-electron chi connectivity index (χ0n) is 17.3. The van der Waals surface area contributed by atoms with E-state index in [1.54, 1.807) is 49.4 Å². The van der Waals surface area contributed by atoms with Crippen molar-refractivity contribution in [1.82, 2.24) is 0 Å². The van der Waals surface area contributed by atoms with Crippen LogP contribution in [0.3, 0.4) is 0 Å². The Balaban J connectivity index is 2.08. The van der Waals surface area contributed by atoms with E-state index in [4.69, 9.17) is 14.2 Å². The fourth-order valence-electron chi connectivity index (χ4n) is 2.67. The molecule has 1 amide bonds. The van der Waals surface area contributed by atoms with Crippen molar-refractivity contribution in [3.8, 4) is 5.75 Å². The standard InChI is InChI=1S/C23H29NO5/c1-4-7-14-27-16-19-15-18(10-13-21(19)28-5-2)22(25)24-20-11-8-17(9-12-20)23(26)29-6-3/h8-13,15H,4-7,14,16H2,1-3H3,(H,24,25). The molecule has 0 fully saturated rings. The molecule has 0 saturated carbocycles. The third kappa shape index (κ3) is 6.91. The van der Waals surface area contributed by atoms with Gasteiger partial charge in [0.2, 0.25) is 0 Å². The summed E-state index contributed by atoms with van der Waals surface area (Å²) < 4.78 is 16.3. The van der Waals surface area contributed by atoms with Gasteiger partial charge in [-0.25, -0.2) is 4.79 Å². The van der Waals surface area contributed by atoms with Crippen LogP contribution in [0.1, 0.15) is 59.9 Å². The van der Waals surface area contributed by atoms with E-state index in [1.165, 1.54) is 0 Å². The average Bonchev–Trinajstić information content (AvgIpc) is 2.73. The molecule has 2 aromatic carbocycles. The van der Waals surface area contributed by atoms with Crippen LogP contribution in [-0.2, 0) is 16.1 Å². The molecule has 29 heavy (non-hydrogen) atoms. The molecule has 0 aromatic heterocycles. The van der Waals surface area contributed by atoms with Crippen LogP contribution in [0.2, 0.25) is 0 Å². The van der Waals surface area contributed by atoms with Crippen LogP contribution in [-0.4, -0.2) is 31.7 Å². The van der Waals surface area contributed by atoms with Gasteiger partial charge in [-0.1, -0.05) is 13.3 Å². The van der Waals surface area contributed by atoms with Gasteiger partial charge >= 0.3 is 5.97 Å². The molecule has 156 valence electrons. The Kier molecular flexibility index (Phi) is 9.18. The van der Waals surface area contributed by atoms with Gasteiger partial charge < -0.3 is 19.5 Å². The van der Waals surface area contributed by atoms with Gasteiger partial charge in [-0.3, -0.25) is 4.79 Å². The monoisotopic (exact) mass is 399 g/mol. The number of unbranched alkanes of at least 4 members (excludes halogenated alkanes) is 1. The first kappa shape index (κ1) is 22.4. The molecule has 0 spiro atoms. The van der Waals surface area contributed by atoms with Crippen LogP contribution in [0.4, 0.5) is 5.69 Å². The summed E-state index contributed by atoms with van der Waals surface area (Å²) in [6.07, 6.45) is 2.06. The van der Waals surface area contributed by atoms with Crippen molar-refractivity contribution in [1.29, 1.82) is 0 Å². The van der Waals surface area contributed by atoms with Crippen molar-refractivity contribution in [2.45, 2.75) is 40.2 Å². The lowest BCUT2D eigenvalue weighted by molar-refractivity contribution is 0.0526. The Morgan fingerprint density at radius 2 is 1.66 bits per heavy atom. The second-order valence-electron chi connectivity index (χ2n) is 6.41. The summed E-state index contributed by atoms with van der Waals surface area (Å²) in [5, 5.41) is 2.84. The second-order valence-corrected chi connectivity index (χ2v) is 6.41. The maximum atomic E-state index is 12.6. The molecule has 6 nitrogen and oxygen atoms in total. The number of amides is 1. The topological polar surface area (TPSA) is 73.9 Å². The Hall–Kier alpha value is -2.86. The number of ether oxygens (including phenoxy) is 3. The van der Waals surface area contributed by atoms with Gasteiger partial charge in [-0.2, -0.15) is 0 Å². The van der Waals surface area contributed by atoms with Crippen molar-refractivity contribution in [2.75, 3.05) is 25.1 Å². The Morgan fingerprint density at radius 3 is 2.31 bits per heavy atom. The highest BCUT2D eigenvalue weighted by atomic mass is 16.5. The van der Waals surface area contributed by atoms with Crippen molar-refractivity contribution in [3.63, 3.8) is 0 Å². The molecule has 0 bridgehead atoms. The summed E-state index contributed by atoms with van der Waals surface area (Å²) in [7, 11) is 0. The first-order chi connectivity index (χ1) is 14.1. The lowest BCUT2D eigenvalue weighted by atomic mass is 10.1. The molecule has 0 aliphatic heterocycles. The van der Waals surface area contributed by atoms with E-state index < -0.39 is 0 Å². The summed E-state index contributed by atoms with van der Waals surface area (Å²) >= 11 is 0. The molecular formula is C23H29NO5. The molecule has 0 heterocycles. The molecule has 0 saturated heterocycles. The lowest BCUT2D eigenvalue weighted by Gasteiger charge is -2.13. The van der Waals surface area contributed by atoms with Crippen LogP contribution in [0.15, 0.2) is 42.5 Å². The summed E-state index contributed by atoms with van der Waals surface area (Å²) in [6, 6.07) is 11.9. The molecule has 0 radical (unpaired) electrons.